The van der Waals surface area contributed by atoms with E-state index in [2.05, 4.69) is 15.5 Å². The first kappa shape index (κ1) is 26.6. The minimum Gasteiger partial charge on any atom is -0.443 e. The molecule has 1 atom stereocenters. The molecule has 2 aromatic heterocycles. The first-order valence-corrected chi connectivity index (χ1v) is 11.3. The molecule has 2 heterocycles. The van der Waals surface area contributed by atoms with Gasteiger partial charge in [-0.2, -0.15) is 0 Å². The Bertz CT molecular complexity index is 1210. The molecule has 5 N–H and O–H groups in total. The molecule has 192 valence electrons. The Hall–Kier alpha value is -4.03. The van der Waals surface area contributed by atoms with E-state index in [1.165, 1.54) is 7.05 Å². The largest absolute Gasteiger partial charge is 0.443 e. The fourth-order valence-corrected chi connectivity index (χ4v) is 3.31. The van der Waals surface area contributed by atoms with Crippen molar-refractivity contribution in [1.82, 2.24) is 24.8 Å². The second kappa shape index (κ2) is 11.6. The van der Waals surface area contributed by atoms with E-state index in [4.69, 9.17) is 20.9 Å². The molecule has 36 heavy (non-hydrogen) atoms. The number of nitrogens with two attached hydrogens (primary N) is 2. The Balaban J connectivity index is 1.85. The van der Waals surface area contributed by atoms with E-state index < -0.39 is 29.5 Å². The number of nitrogens with zero attached hydrogens (tertiary/aromatic N) is 4. The van der Waals surface area contributed by atoms with Gasteiger partial charge < -0.3 is 31.2 Å². The van der Waals surface area contributed by atoms with Gasteiger partial charge in [-0.3, -0.25) is 14.0 Å². The van der Waals surface area contributed by atoms with Gasteiger partial charge in [0.25, 0.3) is 0 Å². The number of ether oxygens (including phenoxy) is 2. The van der Waals surface area contributed by atoms with E-state index in [9.17, 15) is 14.4 Å². The molecular formula is C24H31N7O5. The minimum atomic E-state index is -1.14. The summed E-state index contributed by atoms with van der Waals surface area (Å²) in [6.45, 7) is 3.19. The summed E-state index contributed by atoms with van der Waals surface area (Å²) in [5.41, 5.74) is 12.0. The van der Waals surface area contributed by atoms with Crippen LogP contribution in [0.4, 0.5) is 4.79 Å². The Labute approximate surface area is 208 Å². The van der Waals surface area contributed by atoms with Crippen molar-refractivity contribution in [3.05, 3.63) is 65.6 Å². The Morgan fingerprint density at radius 3 is 2.47 bits per heavy atom. The minimum absolute atomic E-state index is 0.0903. The maximum atomic E-state index is 12.7. The van der Waals surface area contributed by atoms with Gasteiger partial charge in [-0.15, -0.1) is 10.2 Å². The van der Waals surface area contributed by atoms with Crippen molar-refractivity contribution >= 4 is 23.6 Å². The summed E-state index contributed by atoms with van der Waals surface area (Å²) in [7, 11) is 1.40. The van der Waals surface area contributed by atoms with Crippen LogP contribution in [0.25, 0.3) is 5.65 Å². The standard InChI is InChI=1S/C24H31N7O5/c1-24(2,26)22(33)27-18(15-35-13-16-8-5-4-6-9-16)21-29-28-20-11-7-10-17(31(20)21)14-36-23(34)30(3)12-19(25)32/h4-11,18H,12-15,26H2,1-3H3,(H2,25,32)(H,27,33). The fraction of sp³-hybridized carbons (Fsp3) is 0.375. The summed E-state index contributed by atoms with van der Waals surface area (Å²) in [6.07, 6.45) is -0.721. The summed E-state index contributed by atoms with van der Waals surface area (Å²) < 4.78 is 12.9. The van der Waals surface area contributed by atoms with Crippen LogP contribution in [-0.2, 0) is 32.3 Å². The van der Waals surface area contributed by atoms with Crippen molar-refractivity contribution in [2.75, 3.05) is 20.2 Å². The van der Waals surface area contributed by atoms with E-state index in [1.807, 2.05) is 30.3 Å². The summed E-state index contributed by atoms with van der Waals surface area (Å²) in [4.78, 5) is 37.1. The van der Waals surface area contributed by atoms with Crippen LogP contribution in [0.3, 0.4) is 0 Å². The van der Waals surface area contributed by atoms with Gasteiger partial charge in [0.05, 0.1) is 24.4 Å². The lowest BCUT2D eigenvalue weighted by Gasteiger charge is -2.24. The quantitative estimate of drug-likeness (QED) is 0.351. The maximum absolute atomic E-state index is 12.7. The van der Waals surface area contributed by atoms with Gasteiger partial charge in [-0.05, 0) is 31.5 Å². The van der Waals surface area contributed by atoms with E-state index >= 15 is 0 Å². The molecule has 0 aliphatic heterocycles. The van der Waals surface area contributed by atoms with Crippen molar-refractivity contribution in [1.29, 1.82) is 0 Å². The Kier molecular flexibility index (Phi) is 8.56. The van der Waals surface area contributed by atoms with Gasteiger partial charge in [0.1, 0.15) is 19.2 Å². The monoisotopic (exact) mass is 497 g/mol. The molecule has 1 aromatic carbocycles. The number of hydrogen-bond acceptors (Lipinski definition) is 8. The van der Waals surface area contributed by atoms with E-state index in [0.717, 1.165) is 10.5 Å². The highest BCUT2D eigenvalue weighted by Crippen LogP contribution is 2.18. The lowest BCUT2D eigenvalue weighted by Crippen LogP contribution is -2.51. The Morgan fingerprint density at radius 2 is 1.81 bits per heavy atom. The summed E-state index contributed by atoms with van der Waals surface area (Å²) in [5.74, 6) is -0.674. The summed E-state index contributed by atoms with van der Waals surface area (Å²) >= 11 is 0. The molecule has 0 aliphatic rings. The highest BCUT2D eigenvalue weighted by Gasteiger charge is 2.28. The number of fused-ring (bicyclic) bond motifs is 1. The highest BCUT2D eigenvalue weighted by atomic mass is 16.6. The van der Waals surface area contributed by atoms with Gasteiger partial charge >= 0.3 is 6.09 Å². The van der Waals surface area contributed by atoms with Gasteiger partial charge in [0.15, 0.2) is 11.5 Å². The van der Waals surface area contributed by atoms with Crippen molar-refractivity contribution in [3.63, 3.8) is 0 Å². The van der Waals surface area contributed by atoms with Crippen LogP contribution in [0.15, 0.2) is 48.5 Å². The number of hydrogen-bond donors (Lipinski definition) is 3. The molecule has 0 bridgehead atoms. The average Bonchev–Trinajstić information content (AvgIpc) is 3.26. The van der Waals surface area contributed by atoms with E-state index in [0.29, 0.717) is 23.8 Å². The SMILES string of the molecule is CN(CC(N)=O)C(=O)OCc1cccc2nnc(C(COCc3ccccc3)NC(=O)C(C)(C)N)n12. The second-order valence-corrected chi connectivity index (χ2v) is 8.89. The van der Waals surface area contributed by atoms with Gasteiger partial charge in [-0.25, -0.2) is 4.79 Å². The number of amides is 3. The number of nitrogens with one attached hydrogen (secondary N) is 1. The molecule has 0 aliphatic carbocycles. The first-order valence-electron chi connectivity index (χ1n) is 11.3. The Morgan fingerprint density at radius 1 is 1.08 bits per heavy atom. The zero-order valence-corrected chi connectivity index (χ0v) is 20.5. The van der Waals surface area contributed by atoms with Crippen molar-refractivity contribution < 1.29 is 23.9 Å². The van der Waals surface area contributed by atoms with Crippen LogP contribution in [0.1, 0.15) is 37.0 Å². The van der Waals surface area contributed by atoms with Crippen molar-refractivity contribution in [2.24, 2.45) is 11.5 Å². The maximum Gasteiger partial charge on any atom is 0.410 e. The van der Waals surface area contributed by atoms with Crippen LogP contribution in [0.5, 0.6) is 0 Å². The average molecular weight is 498 g/mol. The number of likely N-dealkylation sites (N-methyl/N-ethyl adjacent to an activating group) is 1. The summed E-state index contributed by atoms with van der Waals surface area (Å²) in [6, 6.07) is 14.1. The number of aromatic nitrogens is 3. The molecule has 0 saturated heterocycles. The number of pyridine rings is 1. The number of primary amides is 1. The van der Waals surface area contributed by atoms with Crippen molar-refractivity contribution in [3.8, 4) is 0 Å². The third-order valence-electron chi connectivity index (χ3n) is 5.18. The summed E-state index contributed by atoms with van der Waals surface area (Å²) in [5, 5.41) is 11.4. The number of rotatable bonds is 11. The van der Waals surface area contributed by atoms with Crippen LogP contribution >= 0.6 is 0 Å². The number of carbonyl (C=O) groups is 3. The predicted molar refractivity (Wildman–Crippen MR) is 130 cm³/mol. The number of benzene rings is 1. The van der Waals surface area contributed by atoms with Crippen molar-refractivity contribution in [2.45, 2.75) is 38.6 Å². The molecule has 3 aromatic rings. The zero-order chi connectivity index (χ0) is 26.3. The smallest absolute Gasteiger partial charge is 0.410 e. The third kappa shape index (κ3) is 6.99. The molecule has 3 rings (SSSR count). The lowest BCUT2D eigenvalue weighted by molar-refractivity contribution is -0.126. The van der Waals surface area contributed by atoms with Crippen LogP contribution in [0, 0.1) is 0 Å². The van der Waals surface area contributed by atoms with Gasteiger partial charge in [0, 0.05) is 7.05 Å². The number of carbonyl (C=O) groups excluding carboxylic acids is 3. The lowest BCUT2D eigenvalue weighted by atomic mass is 10.1. The zero-order valence-electron chi connectivity index (χ0n) is 20.5. The molecule has 12 heteroatoms. The molecule has 12 nitrogen and oxygen atoms in total. The fourth-order valence-electron chi connectivity index (χ4n) is 3.31. The van der Waals surface area contributed by atoms with Crippen LogP contribution in [-0.4, -0.2) is 63.1 Å². The predicted octanol–water partition coefficient (Wildman–Crippen LogP) is 0.894. The highest BCUT2D eigenvalue weighted by molar-refractivity contribution is 5.85. The van der Waals surface area contributed by atoms with E-state index in [-0.39, 0.29) is 19.8 Å². The first-order chi connectivity index (χ1) is 17.1. The van der Waals surface area contributed by atoms with Crippen LogP contribution in [0.2, 0.25) is 0 Å². The van der Waals surface area contributed by atoms with E-state index in [1.54, 1.807) is 36.4 Å². The topological polar surface area (TPSA) is 167 Å². The second-order valence-electron chi connectivity index (χ2n) is 8.89. The van der Waals surface area contributed by atoms with Crippen LogP contribution < -0.4 is 16.8 Å². The van der Waals surface area contributed by atoms with Gasteiger partial charge in [-0.1, -0.05) is 36.4 Å². The molecule has 0 saturated carbocycles. The molecule has 0 spiro atoms. The molecule has 0 fully saturated rings. The van der Waals surface area contributed by atoms with Gasteiger partial charge in [0.2, 0.25) is 11.8 Å². The third-order valence-corrected chi connectivity index (χ3v) is 5.18. The molecule has 1 unspecified atom stereocenters. The molecular weight excluding hydrogens is 466 g/mol. The molecule has 0 radical (unpaired) electrons. The molecule has 3 amide bonds. The normalized spacial score (nSPS) is 12.2.